The van der Waals surface area contributed by atoms with Crippen LogP contribution < -0.4 is 5.32 Å². The van der Waals surface area contributed by atoms with Crippen molar-refractivity contribution < 1.29 is 4.74 Å². The fraction of sp³-hybridized carbons (Fsp3) is 1.00. The highest BCUT2D eigenvalue weighted by Crippen LogP contribution is 2.27. The van der Waals surface area contributed by atoms with Crippen LogP contribution >= 0.6 is 0 Å². The van der Waals surface area contributed by atoms with Gasteiger partial charge in [0.15, 0.2) is 0 Å². The Morgan fingerprint density at radius 3 is 2.94 bits per heavy atom. The average Bonchev–Trinajstić information content (AvgIpc) is 2.84. The van der Waals surface area contributed by atoms with Crippen molar-refractivity contribution in [1.29, 1.82) is 0 Å². The molecular weight excluding hydrogens is 200 g/mol. The van der Waals surface area contributed by atoms with Crippen LogP contribution in [-0.2, 0) is 4.74 Å². The second-order valence-corrected chi connectivity index (χ2v) is 5.83. The molecule has 3 nitrogen and oxygen atoms in total. The molecule has 3 fully saturated rings. The summed E-state index contributed by atoms with van der Waals surface area (Å²) in [5.74, 6) is 0.910. The van der Waals surface area contributed by atoms with E-state index in [0.29, 0.717) is 12.2 Å². The van der Waals surface area contributed by atoms with Gasteiger partial charge in [-0.15, -0.1) is 0 Å². The summed E-state index contributed by atoms with van der Waals surface area (Å²) in [5, 5.41) is 3.66. The summed E-state index contributed by atoms with van der Waals surface area (Å²) >= 11 is 0. The number of nitrogens with one attached hydrogen (secondary N) is 1. The van der Waals surface area contributed by atoms with Crippen molar-refractivity contribution >= 4 is 0 Å². The van der Waals surface area contributed by atoms with E-state index >= 15 is 0 Å². The predicted molar refractivity (Wildman–Crippen MR) is 64.5 cm³/mol. The minimum Gasteiger partial charge on any atom is -0.374 e. The maximum Gasteiger partial charge on any atom is 0.0706 e. The van der Waals surface area contributed by atoms with E-state index in [1.807, 2.05) is 0 Å². The molecule has 3 saturated heterocycles. The number of nitrogens with zero attached hydrogens (tertiary/aromatic N) is 1. The first kappa shape index (κ1) is 11.0. The van der Waals surface area contributed by atoms with Crippen LogP contribution in [0, 0.1) is 5.92 Å². The molecule has 3 rings (SSSR count). The van der Waals surface area contributed by atoms with Gasteiger partial charge in [-0.05, 0) is 45.1 Å². The van der Waals surface area contributed by atoms with Crippen LogP contribution in [0.25, 0.3) is 0 Å². The highest BCUT2D eigenvalue weighted by atomic mass is 16.5. The molecule has 0 saturated carbocycles. The number of ether oxygens (including phenoxy) is 1. The second-order valence-electron chi connectivity index (χ2n) is 5.83. The number of fused-ring (bicyclic) bond motifs is 1. The molecule has 0 aromatic rings. The zero-order chi connectivity index (χ0) is 11.0. The first-order valence-corrected chi connectivity index (χ1v) is 6.92. The molecule has 0 amide bonds. The van der Waals surface area contributed by atoms with E-state index in [1.165, 1.54) is 51.9 Å². The van der Waals surface area contributed by atoms with Crippen molar-refractivity contribution in [2.24, 2.45) is 5.92 Å². The summed E-state index contributed by atoms with van der Waals surface area (Å²) in [4.78, 5) is 2.62. The lowest BCUT2D eigenvalue weighted by molar-refractivity contribution is 0.0352. The third-order valence-electron chi connectivity index (χ3n) is 4.46. The first-order valence-electron chi connectivity index (χ1n) is 6.92. The van der Waals surface area contributed by atoms with Crippen LogP contribution in [0.1, 0.15) is 32.6 Å². The molecule has 3 heteroatoms. The predicted octanol–water partition coefficient (Wildman–Crippen LogP) is 1.24. The van der Waals surface area contributed by atoms with E-state index in [9.17, 15) is 0 Å². The van der Waals surface area contributed by atoms with Gasteiger partial charge in [-0.2, -0.15) is 0 Å². The molecular formula is C13H24N2O. The lowest BCUT2D eigenvalue weighted by Gasteiger charge is -2.24. The zero-order valence-corrected chi connectivity index (χ0v) is 10.3. The maximum atomic E-state index is 5.91. The van der Waals surface area contributed by atoms with Gasteiger partial charge in [0, 0.05) is 25.7 Å². The normalized spacial score (nSPS) is 44.8. The largest absolute Gasteiger partial charge is 0.374 e. The van der Waals surface area contributed by atoms with E-state index < -0.39 is 0 Å². The Balaban J connectivity index is 1.49. The zero-order valence-electron chi connectivity index (χ0n) is 10.3. The van der Waals surface area contributed by atoms with Gasteiger partial charge in [0.2, 0.25) is 0 Å². The van der Waals surface area contributed by atoms with Gasteiger partial charge in [-0.1, -0.05) is 0 Å². The molecule has 3 aliphatic rings. The lowest BCUT2D eigenvalue weighted by atomic mass is 9.94. The molecule has 0 spiro atoms. The second kappa shape index (κ2) is 4.63. The monoisotopic (exact) mass is 224 g/mol. The van der Waals surface area contributed by atoms with Gasteiger partial charge in [0.1, 0.15) is 0 Å². The minimum atomic E-state index is 0.494. The van der Waals surface area contributed by atoms with E-state index in [0.717, 1.165) is 12.0 Å². The van der Waals surface area contributed by atoms with E-state index in [2.05, 4.69) is 17.1 Å². The SMILES string of the molecule is CC1CCC(CN2CC3CCCNC3C2)O1. The van der Waals surface area contributed by atoms with Crippen LogP contribution in [0.5, 0.6) is 0 Å². The standard InChI is InChI=1S/C13H24N2O/c1-10-4-5-12(16-10)8-15-7-11-3-2-6-14-13(11)9-15/h10-14H,2-9H2,1H3. The van der Waals surface area contributed by atoms with Gasteiger partial charge >= 0.3 is 0 Å². The quantitative estimate of drug-likeness (QED) is 0.764. The van der Waals surface area contributed by atoms with E-state index in [4.69, 9.17) is 4.74 Å². The third kappa shape index (κ3) is 2.27. The average molecular weight is 224 g/mol. The van der Waals surface area contributed by atoms with Crippen molar-refractivity contribution in [3.05, 3.63) is 0 Å². The van der Waals surface area contributed by atoms with Gasteiger partial charge in [-0.3, -0.25) is 4.90 Å². The maximum absolute atomic E-state index is 5.91. The smallest absolute Gasteiger partial charge is 0.0706 e. The summed E-state index contributed by atoms with van der Waals surface area (Å²) in [5.41, 5.74) is 0. The van der Waals surface area contributed by atoms with E-state index in [1.54, 1.807) is 0 Å². The Bertz CT molecular complexity index is 232. The van der Waals surface area contributed by atoms with Crippen LogP contribution in [0.3, 0.4) is 0 Å². The van der Waals surface area contributed by atoms with Crippen LogP contribution in [0.2, 0.25) is 0 Å². The molecule has 0 aliphatic carbocycles. The summed E-state index contributed by atoms with van der Waals surface area (Å²) in [7, 11) is 0. The Morgan fingerprint density at radius 2 is 2.19 bits per heavy atom. The summed E-state index contributed by atoms with van der Waals surface area (Å²) < 4.78 is 5.91. The third-order valence-corrected chi connectivity index (χ3v) is 4.46. The van der Waals surface area contributed by atoms with Crippen LogP contribution in [0.4, 0.5) is 0 Å². The molecule has 92 valence electrons. The first-order chi connectivity index (χ1) is 7.81. The topological polar surface area (TPSA) is 24.5 Å². The van der Waals surface area contributed by atoms with Gasteiger partial charge in [0.05, 0.1) is 12.2 Å². The Morgan fingerprint density at radius 1 is 1.25 bits per heavy atom. The highest BCUT2D eigenvalue weighted by Gasteiger charge is 2.35. The Kier molecular flexibility index (Phi) is 3.18. The molecule has 3 aliphatic heterocycles. The lowest BCUT2D eigenvalue weighted by Crippen LogP contribution is -2.41. The van der Waals surface area contributed by atoms with Crippen molar-refractivity contribution in [2.75, 3.05) is 26.2 Å². The molecule has 0 bridgehead atoms. The Hall–Kier alpha value is -0.120. The fourth-order valence-electron chi connectivity index (χ4n) is 3.59. The number of piperidine rings is 1. The van der Waals surface area contributed by atoms with E-state index in [-0.39, 0.29) is 0 Å². The molecule has 0 radical (unpaired) electrons. The Labute approximate surface area is 98.5 Å². The summed E-state index contributed by atoms with van der Waals surface area (Å²) in [6.45, 7) is 7.14. The minimum absolute atomic E-state index is 0.494. The number of likely N-dealkylation sites (tertiary alicyclic amines) is 1. The molecule has 1 N–H and O–H groups in total. The number of hydrogen-bond acceptors (Lipinski definition) is 3. The number of hydrogen-bond donors (Lipinski definition) is 1. The molecule has 3 heterocycles. The van der Waals surface area contributed by atoms with Gasteiger partial charge in [0.25, 0.3) is 0 Å². The van der Waals surface area contributed by atoms with Crippen LogP contribution in [0.15, 0.2) is 0 Å². The van der Waals surface area contributed by atoms with Crippen molar-refractivity contribution in [1.82, 2.24) is 10.2 Å². The molecule has 4 atom stereocenters. The number of rotatable bonds is 2. The summed E-state index contributed by atoms with van der Waals surface area (Å²) in [6.07, 6.45) is 6.31. The van der Waals surface area contributed by atoms with Crippen LogP contribution in [-0.4, -0.2) is 49.3 Å². The molecule has 4 unspecified atom stereocenters. The van der Waals surface area contributed by atoms with Gasteiger partial charge < -0.3 is 10.1 Å². The van der Waals surface area contributed by atoms with Crippen molar-refractivity contribution in [3.8, 4) is 0 Å². The molecule has 16 heavy (non-hydrogen) atoms. The van der Waals surface area contributed by atoms with Crippen molar-refractivity contribution in [3.63, 3.8) is 0 Å². The summed E-state index contributed by atoms with van der Waals surface area (Å²) in [6, 6.07) is 0.771. The fourth-order valence-corrected chi connectivity index (χ4v) is 3.59. The van der Waals surface area contributed by atoms with Crippen molar-refractivity contribution in [2.45, 2.75) is 50.9 Å². The molecule has 0 aromatic carbocycles. The van der Waals surface area contributed by atoms with Gasteiger partial charge in [-0.25, -0.2) is 0 Å². The molecule has 0 aromatic heterocycles. The highest BCUT2D eigenvalue weighted by molar-refractivity contribution is 4.92.